The quantitative estimate of drug-likeness (QED) is 0.349. The van der Waals surface area contributed by atoms with Crippen LogP contribution in [0.15, 0.2) is 41.2 Å². The molecule has 0 atom stereocenters. The number of hydrogen-bond acceptors (Lipinski definition) is 6. The topological polar surface area (TPSA) is 131 Å². The van der Waals surface area contributed by atoms with E-state index in [1.54, 1.807) is 36.2 Å². The number of fused-ring (bicyclic) bond motifs is 2. The Labute approximate surface area is 200 Å². The lowest BCUT2D eigenvalue weighted by Crippen LogP contribution is -2.42. The van der Waals surface area contributed by atoms with Gasteiger partial charge in [-0.3, -0.25) is 14.5 Å². The lowest BCUT2D eigenvalue weighted by molar-refractivity contribution is -0.119. The summed E-state index contributed by atoms with van der Waals surface area (Å²) in [4.78, 5) is 39.6. The molecule has 0 spiro atoms. The third-order valence-electron chi connectivity index (χ3n) is 6.82. The molecule has 10 heteroatoms. The Kier molecular flexibility index (Phi) is 6.00. The molecule has 2 aromatic heterocycles. The number of nitrogens with one attached hydrogen (secondary N) is 2. The maximum absolute atomic E-state index is 14.4. The molecular formula is C25H27FN6O3. The summed E-state index contributed by atoms with van der Waals surface area (Å²) in [7, 11) is 1.72. The molecular weight excluding hydrogens is 451 g/mol. The molecule has 2 aromatic carbocycles. The monoisotopic (exact) mass is 478 g/mol. The lowest BCUT2D eigenvalue weighted by Gasteiger charge is -2.31. The molecule has 0 bridgehead atoms. The fourth-order valence-corrected chi connectivity index (χ4v) is 4.66. The number of nitrogens with two attached hydrogens (primary N) is 1. The van der Waals surface area contributed by atoms with Gasteiger partial charge < -0.3 is 25.7 Å². The molecule has 3 heterocycles. The number of likely N-dealkylation sites (N-methyl/N-ethyl adjacent to an activating group) is 1. The molecule has 1 fully saturated rings. The highest BCUT2D eigenvalue weighted by molar-refractivity contribution is 5.99. The molecule has 1 saturated heterocycles. The number of carbonyl (C=O) groups excluding carboxylic acids is 1. The Morgan fingerprint density at radius 3 is 2.74 bits per heavy atom. The van der Waals surface area contributed by atoms with Crippen molar-refractivity contribution in [2.45, 2.75) is 12.8 Å². The van der Waals surface area contributed by atoms with E-state index in [1.165, 1.54) is 12.1 Å². The Balaban J connectivity index is 1.42. The summed E-state index contributed by atoms with van der Waals surface area (Å²) in [6.07, 6.45) is 1.77. The summed E-state index contributed by atoms with van der Waals surface area (Å²) in [5.74, 6) is -0.0351. The van der Waals surface area contributed by atoms with E-state index in [1.807, 2.05) is 0 Å². The van der Waals surface area contributed by atoms with Gasteiger partial charge in [-0.25, -0.2) is 9.37 Å². The SMILES string of the molecule is CN(C(=O)CN1CCC(CO)CC1)c1ccc2nc(-c3c(N)c4c(F)cccc4[nH]c3=O)[nH]c2c1. The van der Waals surface area contributed by atoms with Crippen molar-refractivity contribution in [1.82, 2.24) is 19.9 Å². The Morgan fingerprint density at radius 1 is 1.23 bits per heavy atom. The normalized spacial score (nSPS) is 15.2. The van der Waals surface area contributed by atoms with Crippen LogP contribution in [0.1, 0.15) is 12.8 Å². The van der Waals surface area contributed by atoms with E-state index in [9.17, 15) is 19.1 Å². The number of imidazole rings is 1. The van der Waals surface area contributed by atoms with Gasteiger partial charge in [-0.2, -0.15) is 0 Å². The zero-order chi connectivity index (χ0) is 24.7. The van der Waals surface area contributed by atoms with E-state index < -0.39 is 11.4 Å². The van der Waals surface area contributed by atoms with Crippen LogP contribution in [0.2, 0.25) is 0 Å². The van der Waals surface area contributed by atoms with Crippen LogP contribution in [-0.2, 0) is 4.79 Å². The second kappa shape index (κ2) is 9.12. The summed E-state index contributed by atoms with van der Waals surface area (Å²) in [6.45, 7) is 2.07. The molecule has 1 aliphatic rings. The average molecular weight is 479 g/mol. The second-order valence-electron chi connectivity index (χ2n) is 9.05. The summed E-state index contributed by atoms with van der Waals surface area (Å²) in [6, 6.07) is 9.71. The first kappa shape index (κ1) is 23.0. The molecule has 1 amide bonds. The number of likely N-dealkylation sites (tertiary alicyclic amines) is 1. The predicted octanol–water partition coefficient (Wildman–Crippen LogP) is 2.46. The Morgan fingerprint density at radius 2 is 2.00 bits per heavy atom. The first-order valence-electron chi connectivity index (χ1n) is 11.6. The standard InChI is InChI=1S/C25H27FN6O3/c1-31(20(34)12-32-9-7-14(13-33)8-10-32)15-5-6-17-19(11-15)29-24(28-17)22-23(27)21-16(26)3-2-4-18(21)30-25(22)35/h2-6,11,14,33H,7-10,12-13H2,1H3,(H,28,29)(H3,27,30,35). The molecule has 0 radical (unpaired) electrons. The van der Waals surface area contributed by atoms with E-state index in [2.05, 4.69) is 19.9 Å². The minimum absolute atomic E-state index is 0.0124. The molecule has 5 N–H and O–H groups in total. The van der Waals surface area contributed by atoms with Gasteiger partial charge in [0.15, 0.2) is 0 Å². The fourth-order valence-electron chi connectivity index (χ4n) is 4.66. The van der Waals surface area contributed by atoms with Gasteiger partial charge in [0.2, 0.25) is 5.91 Å². The molecule has 4 aromatic rings. The third-order valence-corrected chi connectivity index (χ3v) is 6.82. The van der Waals surface area contributed by atoms with Crippen LogP contribution in [0.5, 0.6) is 0 Å². The number of piperidine rings is 1. The smallest absolute Gasteiger partial charge is 0.261 e. The maximum atomic E-state index is 14.4. The van der Waals surface area contributed by atoms with Gasteiger partial charge >= 0.3 is 0 Å². The van der Waals surface area contributed by atoms with E-state index in [4.69, 9.17) is 5.73 Å². The van der Waals surface area contributed by atoms with Gasteiger partial charge in [0.05, 0.1) is 34.2 Å². The number of aliphatic hydroxyl groups is 1. The highest BCUT2D eigenvalue weighted by atomic mass is 19.1. The summed E-state index contributed by atoms with van der Waals surface area (Å²) >= 11 is 0. The average Bonchev–Trinajstić information content (AvgIpc) is 3.26. The molecule has 35 heavy (non-hydrogen) atoms. The maximum Gasteiger partial charge on any atom is 0.261 e. The highest BCUT2D eigenvalue weighted by Crippen LogP contribution is 2.30. The van der Waals surface area contributed by atoms with Gasteiger partial charge in [0.25, 0.3) is 5.56 Å². The number of H-pyrrole nitrogens is 2. The van der Waals surface area contributed by atoms with E-state index in [0.717, 1.165) is 25.9 Å². The summed E-state index contributed by atoms with van der Waals surface area (Å²) in [5.41, 5.74) is 8.01. The number of halogens is 1. The van der Waals surface area contributed by atoms with Crippen molar-refractivity contribution in [1.29, 1.82) is 0 Å². The third kappa shape index (κ3) is 4.26. The van der Waals surface area contributed by atoms with Gasteiger partial charge in [-0.15, -0.1) is 0 Å². The summed E-state index contributed by atoms with van der Waals surface area (Å²) in [5, 5.41) is 9.44. The number of rotatable bonds is 5. The van der Waals surface area contributed by atoms with Crippen LogP contribution >= 0.6 is 0 Å². The molecule has 0 saturated carbocycles. The number of aliphatic hydroxyl groups excluding tert-OH is 1. The van der Waals surface area contributed by atoms with Crippen molar-refractivity contribution in [2.24, 2.45) is 5.92 Å². The van der Waals surface area contributed by atoms with Crippen molar-refractivity contribution in [3.8, 4) is 11.4 Å². The van der Waals surface area contributed by atoms with Crippen LogP contribution in [0.3, 0.4) is 0 Å². The minimum atomic E-state index is -0.531. The first-order valence-corrected chi connectivity index (χ1v) is 11.6. The number of carbonyl (C=O) groups is 1. The number of nitrogen functional groups attached to an aromatic ring is 1. The van der Waals surface area contributed by atoms with Crippen molar-refractivity contribution in [3.63, 3.8) is 0 Å². The number of nitrogens with zero attached hydrogens (tertiary/aromatic N) is 3. The zero-order valence-corrected chi connectivity index (χ0v) is 19.3. The zero-order valence-electron chi connectivity index (χ0n) is 19.3. The Hall–Kier alpha value is -3.76. The van der Waals surface area contributed by atoms with Gasteiger partial charge in [-0.05, 0) is 62.2 Å². The largest absolute Gasteiger partial charge is 0.397 e. The lowest BCUT2D eigenvalue weighted by atomic mass is 9.98. The molecule has 0 aliphatic carbocycles. The van der Waals surface area contributed by atoms with Crippen LogP contribution in [-0.4, -0.2) is 64.2 Å². The fraction of sp³-hybridized carbons (Fsp3) is 0.320. The number of pyridine rings is 1. The first-order chi connectivity index (χ1) is 16.9. The molecule has 182 valence electrons. The highest BCUT2D eigenvalue weighted by Gasteiger charge is 2.23. The van der Waals surface area contributed by atoms with Crippen molar-refractivity contribution < 1.29 is 14.3 Å². The predicted molar refractivity (Wildman–Crippen MR) is 134 cm³/mol. The van der Waals surface area contributed by atoms with Gasteiger partial charge in [0.1, 0.15) is 17.2 Å². The van der Waals surface area contributed by atoms with Crippen LogP contribution in [0, 0.1) is 11.7 Å². The van der Waals surface area contributed by atoms with E-state index >= 15 is 0 Å². The van der Waals surface area contributed by atoms with E-state index in [0.29, 0.717) is 34.7 Å². The number of aromatic nitrogens is 3. The number of aromatic amines is 2. The Bertz CT molecular complexity index is 1470. The van der Waals surface area contributed by atoms with Crippen LogP contribution < -0.4 is 16.2 Å². The van der Waals surface area contributed by atoms with Gasteiger partial charge in [0, 0.05) is 19.3 Å². The van der Waals surface area contributed by atoms with Crippen LogP contribution in [0.25, 0.3) is 33.3 Å². The molecule has 5 rings (SSSR count). The number of hydrogen-bond donors (Lipinski definition) is 4. The van der Waals surface area contributed by atoms with Crippen LogP contribution in [0.4, 0.5) is 15.8 Å². The van der Waals surface area contributed by atoms with Gasteiger partial charge in [-0.1, -0.05) is 6.07 Å². The van der Waals surface area contributed by atoms with Crippen molar-refractivity contribution in [3.05, 3.63) is 52.6 Å². The molecule has 1 aliphatic heterocycles. The molecule has 9 nitrogen and oxygen atoms in total. The van der Waals surface area contributed by atoms with Crippen molar-refractivity contribution >= 4 is 39.2 Å². The number of anilines is 2. The van der Waals surface area contributed by atoms with Crippen molar-refractivity contribution in [2.75, 3.05) is 43.9 Å². The summed E-state index contributed by atoms with van der Waals surface area (Å²) < 4.78 is 14.4. The number of amides is 1. The number of benzene rings is 2. The minimum Gasteiger partial charge on any atom is -0.397 e. The second-order valence-corrected chi connectivity index (χ2v) is 9.05. The van der Waals surface area contributed by atoms with E-state index in [-0.39, 0.29) is 35.0 Å². The molecule has 0 unspecified atom stereocenters.